The first kappa shape index (κ1) is 27.2. The van der Waals surface area contributed by atoms with Crippen molar-refractivity contribution in [2.45, 2.75) is 90.9 Å². The van der Waals surface area contributed by atoms with Gasteiger partial charge in [-0.25, -0.2) is 9.37 Å². The number of esters is 2. The monoisotopic (exact) mass is 473 g/mol. The van der Waals surface area contributed by atoms with Gasteiger partial charge in [0, 0.05) is 17.4 Å². The molecule has 0 spiro atoms. The number of nitrogens with two attached hydrogens (primary N) is 1. The maximum absolute atomic E-state index is 13.3. The lowest BCUT2D eigenvalue weighted by atomic mass is 9.78. The molecule has 0 atom stereocenters. The summed E-state index contributed by atoms with van der Waals surface area (Å²) in [7, 11) is 0. The van der Waals surface area contributed by atoms with Crippen molar-refractivity contribution in [2.75, 3.05) is 5.73 Å². The summed E-state index contributed by atoms with van der Waals surface area (Å²) in [6.07, 6.45) is 9.00. The zero-order valence-electron chi connectivity index (χ0n) is 20.7. The van der Waals surface area contributed by atoms with Crippen molar-refractivity contribution in [1.29, 1.82) is 0 Å². The second-order valence-corrected chi connectivity index (χ2v) is 9.21. The largest absolute Gasteiger partial charge is 0.426 e. The Morgan fingerprint density at radius 2 is 1.71 bits per heavy atom. The number of ether oxygens (including phenoxy) is 2. The Bertz CT molecular complexity index is 979. The molecule has 0 unspecified atom stereocenters. The van der Waals surface area contributed by atoms with Crippen molar-refractivity contribution >= 4 is 17.8 Å². The molecule has 0 aliphatic carbocycles. The fourth-order valence-corrected chi connectivity index (χ4v) is 3.99. The van der Waals surface area contributed by atoms with E-state index in [-0.39, 0.29) is 18.4 Å². The third-order valence-corrected chi connectivity index (χ3v) is 5.66. The highest BCUT2D eigenvalue weighted by Gasteiger charge is 2.31. The summed E-state index contributed by atoms with van der Waals surface area (Å²) in [5.41, 5.74) is 6.33. The van der Waals surface area contributed by atoms with E-state index >= 15 is 0 Å². The molecule has 0 saturated heterocycles. The van der Waals surface area contributed by atoms with Gasteiger partial charge in [0.15, 0.2) is 11.6 Å². The predicted octanol–water partition coefficient (Wildman–Crippen LogP) is 5.83. The molecule has 0 bridgehead atoms. The lowest BCUT2D eigenvalue weighted by Crippen LogP contribution is -2.27. The third-order valence-electron chi connectivity index (χ3n) is 5.66. The molecule has 1 aromatic carbocycles. The molecule has 2 N–H and O–H groups in total. The summed E-state index contributed by atoms with van der Waals surface area (Å²) in [6, 6.07) is 5.14. The summed E-state index contributed by atoms with van der Waals surface area (Å²) >= 11 is 0. The second kappa shape index (κ2) is 13.0. The fourth-order valence-electron chi connectivity index (χ4n) is 3.99. The van der Waals surface area contributed by atoms with Gasteiger partial charge in [-0.1, -0.05) is 71.4 Å². The fraction of sp³-hybridized carbons (Fsp3) is 0.538. The van der Waals surface area contributed by atoms with Gasteiger partial charge in [0.2, 0.25) is 0 Å². The molecule has 0 aliphatic rings. The number of rotatable bonds is 13. The summed E-state index contributed by atoms with van der Waals surface area (Å²) in [4.78, 5) is 32.3. The standard InChI is InChI=1S/C26H36FN3O4/c1-5-6-7-8-9-10-11-15-21(31)33-20-14-12-13-18(2)23(20)26(3,4)16-22(32)34-25-29-17-19(27)24(28)30-25/h12-14,17H,5-11,15-16H2,1-4H3,(H2,28,29,30). The number of aryl methyl sites for hydroxylation is 1. The van der Waals surface area contributed by atoms with Gasteiger partial charge in [-0.15, -0.1) is 0 Å². The molecule has 0 fully saturated rings. The number of nitrogen functional groups attached to an aromatic ring is 1. The van der Waals surface area contributed by atoms with E-state index < -0.39 is 23.0 Å². The van der Waals surface area contributed by atoms with Crippen LogP contribution in [0, 0.1) is 12.7 Å². The summed E-state index contributed by atoms with van der Waals surface area (Å²) < 4.78 is 24.1. The Morgan fingerprint density at radius 3 is 2.38 bits per heavy atom. The molecule has 0 saturated carbocycles. The summed E-state index contributed by atoms with van der Waals surface area (Å²) in [5, 5.41) is 0. The molecule has 8 heteroatoms. The van der Waals surface area contributed by atoms with Crippen LogP contribution in [-0.4, -0.2) is 21.9 Å². The Morgan fingerprint density at radius 1 is 1.03 bits per heavy atom. The highest BCUT2D eigenvalue weighted by Crippen LogP contribution is 2.37. The van der Waals surface area contributed by atoms with Crippen LogP contribution >= 0.6 is 0 Å². The number of carbonyl (C=O) groups excluding carboxylic acids is 2. The van der Waals surface area contributed by atoms with E-state index in [0.717, 1.165) is 36.6 Å². The van der Waals surface area contributed by atoms with Crippen LogP contribution in [0.3, 0.4) is 0 Å². The smallest absolute Gasteiger partial charge is 0.326 e. The minimum atomic E-state index is -0.789. The molecule has 0 aliphatic heterocycles. The van der Waals surface area contributed by atoms with Gasteiger partial charge >= 0.3 is 17.9 Å². The molecule has 1 heterocycles. The van der Waals surface area contributed by atoms with Crippen LogP contribution in [-0.2, 0) is 15.0 Å². The van der Waals surface area contributed by atoms with Gasteiger partial charge in [-0.3, -0.25) is 9.59 Å². The predicted molar refractivity (Wildman–Crippen MR) is 129 cm³/mol. The van der Waals surface area contributed by atoms with Crippen LogP contribution in [0.2, 0.25) is 0 Å². The van der Waals surface area contributed by atoms with Gasteiger partial charge in [0.05, 0.1) is 12.6 Å². The number of anilines is 1. The maximum atomic E-state index is 13.3. The van der Waals surface area contributed by atoms with Crippen molar-refractivity contribution in [2.24, 2.45) is 0 Å². The lowest BCUT2D eigenvalue weighted by molar-refractivity contribution is -0.136. The molecule has 186 valence electrons. The van der Waals surface area contributed by atoms with Crippen molar-refractivity contribution < 1.29 is 23.5 Å². The first-order valence-electron chi connectivity index (χ1n) is 11.9. The second-order valence-electron chi connectivity index (χ2n) is 9.21. The molecule has 7 nitrogen and oxygen atoms in total. The Labute approximate surface area is 201 Å². The van der Waals surface area contributed by atoms with E-state index in [9.17, 15) is 14.0 Å². The summed E-state index contributed by atoms with van der Waals surface area (Å²) in [6.45, 7) is 7.82. The van der Waals surface area contributed by atoms with E-state index in [2.05, 4.69) is 16.9 Å². The van der Waals surface area contributed by atoms with Crippen LogP contribution in [0.25, 0.3) is 0 Å². The van der Waals surface area contributed by atoms with Crippen LogP contribution in [0.5, 0.6) is 11.8 Å². The molecule has 1 aromatic heterocycles. The average molecular weight is 474 g/mol. The topological polar surface area (TPSA) is 104 Å². The Kier molecular flexibility index (Phi) is 10.4. The van der Waals surface area contributed by atoms with E-state index in [1.807, 2.05) is 32.9 Å². The number of benzene rings is 1. The number of nitrogens with zero attached hydrogens (tertiary/aromatic N) is 2. The normalized spacial score (nSPS) is 11.3. The molecule has 0 radical (unpaired) electrons. The maximum Gasteiger partial charge on any atom is 0.326 e. The average Bonchev–Trinajstić information content (AvgIpc) is 2.75. The van der Waals surface area contributed by atoms with Gasteiger partial charge < -0.3 is 15.2 Å². The van der Waals surface area contributed by atoms with Gasteiger partial charge in [-0.05, 0) is 25.0 Å². The van der Waals surface area contributed by atoms with Crippen LogP contribution in [0.1, 0.15) is 89.7 Å². The van der Waals surface area contributed by atoms with Crippen molar-refractivity contribution in [1.82, 2.24) is 9.97 Å². The molecular formula is C26H36FN3O4. The first-order chi connectivity index (χ1) is 16.1. The highest BCUT2D eigenvalue weighted by atomic mass is 19.1. The number of carbonyl (C=O) groups is 2. The number of hydrogen-bond donors (Lipinski definition) is 1. The molecule has 34 heavy (non-hydrogen) atoms. The third kappa shape index (κ3) is 8.39. The van der Waals surface area contributed by atoms with E-state index in [1.165, 1.54) is 25.7 Å². The molecule has 2 aromatic rings. The van der Waals surface area contributed by atoms with Crippen molar-refractivity contribution in [3.8, 4) is 11.8 Å². The van der Waals surface area contributed by atoms with E-state index in [4.69, 9.17) is 15.2 Å². The first-order valence-corrected chi connectivity index (χ1v) is 11.9. The Balaban J connectivity index is 2.00. The zero-order chi connectivity index (χ0) is 25.1. The van der Waals surface area contributed by atoms with Gasteiger partial charge in [0.1, 0.15) is 5.75 Å². The highest BCUT2D eigenvalue weighted by molar-refractivity contribution is 5.75. The van der Waals surface area contributed by atoms with Crippen LogP contribution in [0.4, 0.5) is 10.2 Å². The van der Waals surface area contributed by atoms with E-state index in [1.54, 1.807) is 6.07 Å². The molecule has 2 rings (SSSR count). The zero-order valence-corrected chi connectivity index (χ0v) is 20.7. The Hall–Kier alpha value is -3.03. The number of halogens is 1. The minimum absolute atomic E-state index is 0.0409. The number of aromatic nitrogens is 2. The quantitative estimate of drug-likeness (QED) is 0.222. The minimum Gasteiger partial charge on any atom is -0.426 e. The van der Waals surface area contributed by atoms with Gasteiger partial charge in [-0.2, -0.15) is 4.98 Å². The van der Waals surface area contributed by atoms with Gasteiger partial charge in [0.25, 0.3) is 0 Å². The lowest BCUT2D eigenvalue weighted by Gasteiger charge is -2.28. The number of hydrogen-bond acceptors (Lipinski definition) is 7. The van der Waals surface area contributed by atoms with Crippen molar-refractivity contribution in [3.05, 3.63) is 41.3 Å². The SMILES string of the molecule is CCCCCCCCCC(=O)Oc1cccc(C)c1C(C)(C)CC(=O)Oc1ncc(F)c(N)n1. The molecular weight excluding hydrogens is 437 g/mol. The van der Waals surface area contributed by atoms with Crippen LogP contribution in [0.15, 0.2) is 24.4 Å². The van der Waals surface area contributed by atoms with Crippen molar-refractivity contribution in [3.63, 3.8) is 0 Å². The summed E-state index contributed by atoms with van der Waals surface area (Å²) in [5.74, 6) is -1.64. The molecule has 0 amide bonds. The van der Waals surface area contributed by atoms with E-state index in [0.29, 0.717) is 12.2 Å². The number of unbranched alkanes of at least 4 members (excludes halogenated alkanes) is 6. The van der Waals surface area contributed by atoms with Crippen LogP contribution < -0.4 is 15.2 Å².